The maximum absolute atomic E-state index is 12.3. The molecular formula is C18H17N3O. The zero-order valence-corrected chi connectivity index (χ0v) is 12.1. The molecule has 0 aliphatic heterocycles. The first-order valence-electron chi connectivity index (χ1n) is 7.18. The fourth-order valence-electron chi connectivity index (χ4n) is 2.47. The molecule has 4 heteroatoms. The summed E-state index contributed by atoms with van der Waals surface area (Å²) in [6.45, 7) is 0. The highest BCUT2D eigenvalue weighted by Crippen LogP contribution is 2.16. The summed E-state index contributed by atoms with van der Waals surface area (Å²) in [6.07, 6.45) is 1.12. The Morgan fingerprint density at radius 1 is 1.09 bits per heavy atom. The molecule has 0 saturated heterocycles. The second-order valence-electron chi connectivity index (χ2n) is 5.30. The molecule has 0 aliphatic rings. The van der Waals surface area contributed by atoms with E-state index in [4.69, 9.17) is 11.1 Å². The standard InChI is InChI=1S/C18H17N3O/c19-18(20)13-8-5-12(6-9-13)7-10-17(22)16-11-14-3-1-2-4-15(14)21-16/h1-6,8-9,11,21H,7,10H2,(H3,19,20). The lowest BCUT2D eigenvalue weighted by Gasteiger charge is -2.02. The minimum absolute atomic E-state index is 0.0562. The normalized spacial score (nSPS) is 10.7. The van der Waals surface area contributed by atoms with Crippen LogP contribution in [0.15, 0.2) is 54.6 Å². The van der Waals surface area contributed by atoms with Gasteiger partial charge in [0.2, 0.25) is 0 Å². The highest BCUT2D eigenvalue weighted by Gasteiger charge is 2.09. The van der Waals surface area contributed by atoms with Gasteiger partial charge in [-0.2, -0.15) is 0 Å². The van der Waals surface area contributed by atoms with Crippen LogP contribution in [0, 0.1) is 5.41 Å². The molecule has 0 bridgehead atoms. The number of Topliss-reactive ketones (excluding diaryl/α,β-unsaturated/α-hetero) is 1. The third kappa shape index (κ3) is 2.91. The number of nitrogens with two attached hydrogens (primary N) is 1. The van der Waals surface area contributed by atoms with Crippen LogP contribution in [0.4, 0.5) is 0 Å². The lowest BCUT2D eigenvalue weighted by atomic mass is 10.0. The number of nitrogen functional groups attached to an aromatic ring is 1. The Bertz CT molecular complexity index is 798. The Morgan fingerprint density at radius 2 is 1.82 bits per heavy atom. The maximum atomic E-state index is 12.3. The molecule has 0 radical (unpaired) electrons. The summed E-state index contributed by atoms with van der Waals surface area (Å²) in [5.41, 5.74) is 8.83. The molecule has 1 heterocycles. The van der Waals surface area contributed by atoms with Gasteiger partial charge in [-0.1, -0.05) is 42.5 Å². The van der Waals surface area contributed by atoms with E-state index < -0.39 is 0 Å². The molecule has 0 unspecified atom stereocenters. The van der Waals surface area contributed by atoms with Crippen molar-refractivity contribution in [1.82, 2.24) is 4.98 Å². The van der Waals surface area contributed by atoms with Crippen molar-refractivity contribution in [1.29, 1.82) is 5.41 Å². The number of nitrogens with one attached hydrogen (secondary N) is 2. The number of fused-ring (bicyclic) bond motifs is 1. The summed E-state index contributed by atoms with van der Waals surface area (Å²) < 4.78 is 0. The molecule has 2 aromatic carbocycles. The number of carbonyl (C=O) groups is 1. The van der Waals surface area contributed by atoms with Crippen molar-refractivity contribution in [3.05, 3.63) is 71.4 Å². The molecule has 0 atom stereocenters. The zero-order chi connectivity index (χ0) is 15.5. The van der Waals surface area contributed by atoms with Crippen LogP contribution in [0.5, 0.6) is 0 Å². The number of ketones is 1. The number of hydrogen-bond donors (Lipinski definition) is 3. The molecule has 3 rings (SSSR count). The van der Waals surface area contributed by atoms with E-state index in [-0.39, 0.29) is 11.6 Å². The molecule has 0 fully saturated rings. The molecular weight excluding hydrogens is 274 g/mol. The quantitative estimate of drug-likeness (QED) is 0.383. The third-order valence-electron chi connectivity index (χ3n) is 3.74. The largest absolute Gasteiger partial charge is 0.384 e. The van der Waals surface area contributed by atoms with Gasteiger partial charge in [-0.25, -0.2) is 0 Å². The predicted octanol–water partition coefficient (Wildman–Crippen LogP) is 3.27. The van der Waals surface area contributed by atoms with E-state index in [1.807, 2.05) is 54.6 Å². The van der Waals surface area contributed by atoms with Gasteiger partial charge in [0.05, 0.1) is 5.69 Å². The fraction of sp³-hybridized carbons (Fsp3) is 0.111. The fourth-order valence-corrected chi connectivity index (χ4v) is 2.47. The number of aryl methyl sites for hydroxylation is 1. The highest BCUT2D eigenvalue weighted by atomic mass is 16.1. The molecule has 1 aromatic heterocycles. The van der Waals surface area contributed by atoms with Gasteiger partial charge < -0.3 is 10.7 Å². The van der Waals surface area contributed by atoms with Gasteiger partial charge in [-0.05, 0) is 24.1 Å². The molecule has 0 amide bonds. The lowest BCUT2D eigenvalue weighted by molar-refractivity contribution is 0.0979. The summed E-state index contributed by atoms with van der Waals surface area (Å²) in [5.74, 6) is 0.160. The number of amidine groups is 1. The second kappa shape index (κ2) is 5.85. The summed E-state index contributed by atoms with van der Waals surface area (Å²) in [5, 5.41) is 8.41. The van der Waals surface area contributed by atoms with Gasteiger partial charge in [0.15, 0.2) is 5.78 Å². The van der Waals surface area contributed by atoms with Gasteiger partial charge in [0, 0.05) is 22.9 Å². The Hall–Kier alpha value is -2.88. The molecule has 0 saturated carbocycles. The number of H-pyrrole nitrogens is 1. The monoisotopic (exact) mass is 291 g/mol. The van der Waals surface area contributed by atoms with Crippen molar-refractivity contribution >= 4 is 22.5 Å². The van der Waals surface area contributed by atoms with Crippen LogP contribution in [-0.4, -0.2) is 16.6 Å². The van der Waals surface area contributed by atoms with Crippen molar-refractivity contribution in [2.24, 2.45) is 5.73 Å². The van der Waals surface area contributed by atoms with Gasteiger partial charge in [-0.3, -0.25) is 10.2 Å². The summed E-state index contributed by atoms with van der Waals surface area (Å²) in [7, 11) is 0. The number of hydrogen-bond acceptors (Lipinski definition) is 2. The van der Waals surface area contributed by atoms with Crippen LogP contribution in [-0.2, 0) is 6.42 Å². The van der Waals surface area contributed by atoms with Crippen LogP contribution in [0.1, 0.15) is 28.0 Å². The molecule has 0 spiro atoms. The zero-order valence-electron chi connectivity index (χ0n) is 12.1. The molecule has 0 aliphatic carbocycles. The van der Waals surface area contributed by atoms with Crippen molar-refractivity contribution in [3.63, 3.8) is 0 Å². The molecule has 110 valence electrons. The van der Waals surface area contributed by atoms with Crippen LogP contribution < -0.4 is 5.73 Å². The van der Waals surface area contributed by atoms with Crippen molar-refractivity contribution in [2.75, 3.05) is 0 Å². The SMILES string of the molecule is N=C(N)c1ccc(CCC(=O)c2cc3ccccc3[nH]2)cc1. The van der Waals surface area contributed by atoms with E-state index >= 15 is 0 Å². The third-order valence-corrected chi connectivity index (χ3v) is 3.74. The van der Waals surface area contributed by atoms with Crippen molar-refractivity contribution < 1.29 is 4.79 Å². The van der Waals surface area contributed by atoms with Crippen LogP contribution in [0.25, 0.3) is 10.9 Å². The minimum atomic E-state index is 0.0562. The summed E-state index contributed by atoms with van der Waals surface area (Å²) >= 11 is 0. The summed E-state index contributed by atoms with van der Waals surface area (Å²) in [6, 6.07) is 17.2. The Labute approximate surface area is 128 Å². The number of carbonyl (C=O) groups excluding carboxylic acids is 1. The van der Waals surface area contributed by atoms with Gasteiger partial charge >= 0.3 is 0 Å². The Balaban J connectivity index is 1.67. The molecule has 3 aromatic rings. The minimum Gasteiger partial charge on any atom is -0.384 e. The first-order valence-corrected chi connectivity index (χ1v) is 7.18. The Kier molecular flexibility index (Phi) is 3.74. The van der Waals surface area contributed by atoms with Crippen LogP contribution >= 0.6 is 0 Å². The van der Waals surface area contributed by atoms with Gasteiger partial charge in [-0.15, -0.1) is 0 Å². The maximum Gasteiger partial charge on any atom is 0.179 e. The van der Waals surface area contributed by atoms with Crippen molar-refractivity contribution in [3.8, 4) is 0 Å². The second-order valence-corrected chi connectivity index (χ2v) is 5.30. The average Bonchev–Trinajstić information content (AvgIpc) is 2.97. The molecule has 4 N–H and O–H groups in total. The number of para-hydroxylation sites is 1. The van der Waals surface area contributed by atoms with Gasteiger partial charge in [0.25, 0.3) is 0 Å². The highest BCUT2D eigenvalue weighted by molar-refractivity contribution is 5.99. The summed E-state index contributed by atoms with van der Waals surface area (Å²) in [4.78, 5) is 15.4. The van der Waals surface area contributed by atoms with Crippen LogP contribution in [0.2, 0.25) is 0 Å². The first-order chi connectivity index (χ1) is 10.6. The molecule has 22 heavy (non-hydrogen) atoms. The van der Waals surface area contributed by atoms with E-state index in [1.165, 1.54) is 0 Å². The Morgan fingerprint density at radius 3 is 2.50 bits per heavy atom. The first kappa shape index (κ1) is 14.1. The average molecular weight is 291 g/mol. The predicted molar refractivity (Wildman–Crippen MR) is 88.4 cm³/mol. The smallest absolute Gasteiger partial charge is 0.179 e. The van der Waals surface area contributed by atoms with Crippen molar-refractivity contribution in [2.45, 2.75) is 12.8 Å². The molecule has 4 nitrogen and oxygen atoms in total. The van der Waals surface area contributed by atoms with E-state index in [0.717, 1.165) is 16.5 Å². The van der Waals surface area contributed by atoms with E-state index in [9.17, 15) is 4.79 Å². The van der Waals surface area contributed by atoms with Crippen LogP contribution in [0.3, 0.4) is 0 Å². The topological polar surface area (TPSA) is 82.7 Å². The number of aromatic nitrogens is 1. The number of aromatic amines is 1. The van der Waals surface area contributed by atoms with E-state index in [2.05, 4.69) is 4.98 Å². The van der Waals surface area contributed by atoms with E-state index in [1.54, 1.807) is 0 Å². The van der Waals surface area contributed by atoms with Gasteiger partial charge in [0.1, 0.15) is 5.84 Å². The van der Waals surface area contributed by atoms with E-state index in [0.29, 0.717) is 24.1 Å². The lowest BCUT2D eigenvalue weighted by Crippen LogP contribution is -2.10. The number of rotatable bonds is 5. The number of benzene rings is 2.